The van der Waals surface area contributed by atoms with Crippen molar-refractivity contribution in [2.45, 2.75) is 0 Å². The summed E-state index contributed by atoms with van der Waals surface area (Å²) in [4.78, 5) is 22.1. The van der Waals surface area contributed by atoms with Gasteiger partial charge in [-0.25, -0.2) is 4.98 Å². The summed E-state index contributed by atoms with van der Waals surface area (Å²) in [5, 5.41) is 0. The molecule has 7 nitrogen and oxygen atoms in total. The van der Waals surface area contributed by atoms with Gasteiger partial charge in [0.15, 0.2) is 11.2 Å². The summed E-state index contributed by atoms with van der Waals surface area (Å²) in [5.74, 6) is 0.0538. The Kier molecular flexibility index (Phi) is 2.06. The quantitative estimate of drug-likeness (QED) is 0.530. The van der Waals surface area contributed by atoms with Crippen LogP contribution in [0.3, 0.4) is 0 Å². The van der Waals surface area contributed by atoms with Gasteiger partial charge in [-0.1, -0.05) is 6.07 Å². The largest absolute Gasteiger partial charge is 0.399 e. The van der Waals surface area contributed by atoms with Crippen LogP contribution in [0.4, 0.5) is 11.6 Å². The van der Waals surface area contributed by atoms with E-state index in [1.165, 1.54) is 6.33 Å². The molecule has 18 heavy (non-hydrogen) atoms. The van der Waals surface area contributed by atoms with E-state index in [1.807, 2.05) is 12.1 Å². The van der Waals surface area contributed by atoms with E-state index >= 15 is 0 Å². The molecular weight excluding hydrogens is 232 g/mol. The van der Waals surface area contributed by atoms with Crippen LogP contribution in [0.2, 0.25) is 0 Å². The Hall–Kier alpha value is -2.83. The first-order valence-electron chi connectivity index (χ1n) is 5.24. The summed E-state index contributed by atoms with van der Waals surface area (Å²) in [6.07, 6.45) is 1.52. The summed E-state index contributed by atoms with van der Waals surface area (Å²) in [6.45, 7) is 0. The number of benzene rings is 1. The van der Waals surface area contributed by atoms with Crippen LogP contribution in [0.25, 0.3) is 16.9 Å². The van der Waals surface area contributed by atoms with Gasteiger partial charge in [-0.05, 0) is 18.2 Å². The van der Waals surface area contributed by atoms with Gasteiger partial charge < -0.3 is 11.5 Å². The highest BCUT2D eigenvalue weighted by Crippen LogP contribution is 2.16. The fourth-order valence-corrected chi connectivity index (χ4v) is 1.79. The Morgan fingerprint density at radius 3 is 2.89 bits per heavy atom. The average Bonchev–Trinajstić information content (AvgIpc) is 2.72. The second kappa shape index (κ2) is 3.59. The first-order valence-corrected chi connectivity index (χ1v) is 5.24. The minimum Gasteiger partial charge on any atom is -0.399 e. The number of H-pyrrole nitrogens is 1. The van der Waals surface area contributed by atoms with E-state index in [9.17, 15) is 4.79 Å². The first-order chi connectivity index (χ1) is 8.65. The van der Waals surface area contributed by atoms with E-state index in [0.29, 0.717) is 11.3 Å². The Morgan fingerprint density at radius 2 is 2.11 bits per heavy atom. The highest BCUT2D eigenvalue weighted by atomic mass is 16.1. The number of hydrogen-bond acceptors (Lipinski definition) is 5. The van der Waals surface area contributed by atoms with E-state index < -0.39 is 0 Å². The zero-order chi connectivity index (χ0) is 12.7. The summed E-state index contributed by atoms with van der Waals surface area (Å²) < 4.78 is 1.66. The second-order valence-electron chi connectivity index (χ2n) is 3.83. The molecule has 0 radical (unpaired) electrons. The molecule has 1 aromatic carbocycles. The van der Waals surface area contributed by atoms with Crippen LogP contribution in [0.1, 0.15) is 0 Å². The Morgan fingerprint density at radius 1 is 1.28 bits per heavy atom. The third-order valence-corrected chi connectivity index (χ3v) is 2.57. The van der Waals surface area contributed by atoms with Crippen molar-refractivity contribution in [3.8, 4) is 5.69 Å². The number of aromatic amines is 1. The van der Waals surface area contributed by atoms with Gasteiger partial charge in [-0.2, -0.15) is 4.98 Å². The Balaban J connectivity index is 2.34. The zero-order valence-electron chi connectivity index (χ0n) is 9.29. The molecule has 0 saturated heterocycles. The summed E-state index contributed by atoms with van der Waals surface area (Å²) in [7, 11) is 0. The van der Waals surface area contributed by atoms with Crippen molar-refractivity contribution in [1.82, 2.24) is 19.5 Å². The second-order valence-corrected chi connectivity index (χ2v) is 3.83. The topological polar surface area (TPSA) is 116 Å². The Labute approximate surface area is 101 Å². The molecule has 3 rings (SSSR count). The summed E-state index contributed by atoms with van der Waals surface area (Å²) in [6, 6.07) is 7.20. The van der Waals surface area contributed by atoms with Gasteiger partial charge in [0, 0.05) is 5.69 Å². The third kappa shape index (κ3) is 1.49. The molecule has 0 fully saturated rings. The van der Waals surface area contributed by atoms with E-state index in [2.05, 4.69) is 15.0 Å². The van der Waals surface area contributed by atoms with Crippen LogP contribution in [-0.2, 0) is 0 Å². The number of anilines is 2. The lowest BCUT2D eigenvalue weighted by atomic mass is 10.3. The molecule has 0 aliphatic heterocycles. The highest BCUT2D eigenvalue weighted by Gasteiger charge is 2.10. The van der Waals surface area contributed by atoms with Gasteiger partial charge in [0.1, 0.15) is 6.33 Å². The molecule has 3 aromatic rings. The molecule has 0 aliphatic rings. The van der Waals surface area contributed by atoms with Crippen molar-refractivity contribution in [1.29, 1.82) is 0 Å². The van der Waals surface area contributed by atoms with Gasteiger partial charge in [-0.15, -0.1) is 0 Å². The zero-order valence-corrected chi connectivity index (χ0v) is 9.29. The fraction of sp³-hybridized carbons (Fsp3) is 0. The molecule has 0 amide bonds. The molecule has 0 aliphatic carbocycles. The van der Waals surface area contributed by atoms with Crippen molar-refractivity contribution in [3.63, 3.8) is 0 Å². The predicted molar refractivity (Wildman–Crippen MR) is 68.3 cm³/mol. The van der Waals surface area contributed by atoms with Crippen LogP contribution in [-0.4, -0.2) is 19.5 Å². The number of imidazole rings is 1. The SMILES string of the molecule is Nc1cccc(-n2cnc3c(=O)[nH]c(N)nc32)c1. The van der Waals surface area contributed by atoms with Crippen LogP contribution >= 0.6 is 0 Å². The molecule has 0 unspecified atom stereocenters. The number of aromatic nitrogens is 4. The number of fused-ring (bicyclic) bond motifs is 1. The number of nitrogen functional groups attached to an aromatic ring is 2. The number of hydrogen-bond donors (Lipinski definition) is 3. The lowest BCUT2D eigenvalue weighted by Crippen LogP contribution is -2.12. The normalized spacial score (nSPS) is 10.9. The van der Waals surface area contributed by atoms with E-state index in [0.717, 1.165) is 5.69 Å². The van der Waals surface area contributed by atoms with Gasteiger partial charge >= 0.3 is 0 Å². The average molecular weight is 242 g/mol. The highest BCUT2D eigenvalue weighted by molar-refractivity contribution is 5.73. The number of nitrogens with zero attached hydrogens (tertiary/aromatic N) is 3. The summed E-state index contributed by atoms with van der Waals surface area (Å²) in [5.41, 5.74) is 12.9. The van der Waals surface area contributed by atoms with Crippen LogP contribution in [0.15, 0.2) is 35.4 Å². The van der Waals surface area contributed by atoms with E-state index in [1.54, 1.807) is 16.7 Å². The molecule has 0 atom stereocenters. The standard InChI is InChI=1S/C11H10N6O/c12-6-2-1-3-7(4-6)17-5-14-8-9(17)15-11(13)16-10(8)18/h1-5H,12H2,(H3,13,15,16,18). The molecule has 5 N–H and O–H groups in total. The molecule has 0 bridgehead atoms. The molecule has 2 heterocycles. The molecule has 0 spiro atoms. The molecular formula is C11H10N6O. The van der Waals surface area contributed by atoms with Crippen molar-refractivity contribution >= 4 is 22.8 Å². The maximum atomic E-state index is 11.6. The van der Waals surface area contributed by atoms with Crippen LogP contribution < -0.4 is 17.0 Å². The van der Waals surface area contributed by atoms with Gasteiger partial charge in [0.2, 0.25) is 5.95 Å². The predicted octanol–water partition coefficient (Wildman–Crippen LogP) is 0.273. The lowest BCUT2D eigenvalue weighted by molar-refractivity contribution is 1.06. The van der Waals surface area contributed by atoms with Crippen LogP contribution in [0.5, 0.6) is 0 Å². The molecule has 7 heteroatoms. The first kappa shape index (κ1) is 10.3. The third-order valence-electron chi connectivity index (χ3n) is 2.57. The number of nitrogens with two attached hydrogens (primary N) is 2. The minimum absolute atomic E-state index is 0.0538. The smallest absolute Gasteiger partial charge is 0.280 e. The lowest BCUT2D eigenvalue weighted by Gasteiger charge is -2.04. The summed E-state index contributed by atoms with van der Waals surface area (Å²) >= 11 is 0. The Bertz CT molecular complexity index is 788. The van der Waals surface area contributed by atoms with E-state index in [4.69, 9.17) is 11.5 Å². The van der Waals surface area contributed by atoms with Crippen LogP contribution in [0, 0.1) is 0 Å². The van der Waals surface area contributed by atoms with Crippen molar-refractivity contribution in [2.75, 3.05) is 11.5 Å². The maximum Gasteiger partial charge on any atom is 0.280 e. The molecule has 2 aromatic heterocycles. The molecule has 90 valence electrons. The fourth-order valence-electron chi connectivity index (χ4n) is 1.79. The van der Waals surface area contributed by atoms with E-state index in [-0.39, 0.29) is 17.0 Å². The van der Waals surface area contributed by atoms with Crippen molar-refractivity contribution < 1.29 is 0 Å². The number of rotatable bonds is 1. The van der Waals surface area contributed by atoms with Crippen molar-refractivity contribution in [2.24, 2.45) is 0 Å². The maximum absolute atomic E-state index is 11.6. The van der Waals surface area contributed by atoms with Gasteiger partial charge in [0.25, 0.3) is 5.56 Å². The van der Waals surface area contributed by atoms with Gasteiger partial charge in [-0.3, -0.25) is 14.3 Å². The van der Waals surface area contributed by atoms with Gasteiger partial charge in [0.05, 0.1) is 5.69 Å². The monoisotopic (exact) mass is 242 g/mol. The number of nitrogens with one attached hydrogen (secondary N) is 1. The minimum atomic E-state index is -0.361. The van der Waals surface area contributed by atoms with Crippen molar-refractivity contribution in [3.05, 3.63) is 40.9 Å². The molecule has 0 saturated carbocycles.